The van der Waals surface area contributed by atoms with Gasteiger partial charge in [0.05, 0.1) is 4.90 Å². The van der Waals surface area contributed by atoms with Gasteiger partial charge in [-0.2, -0.15) is 0 Å². The molecule has 0 bridgehead atoms. The molecule has 0 unspecified atom stereocenters. The highest BCUT2D eigenvalue weighted by Crippen LogP contribution is 2.23. The molecule has 2 N–H and O–H groups in total. The second kappa shape index (κ2) is 4.72. The van der Waals surface area contributed by atoms with Crippen LogP contribution in [0.25, 0.3) is 0 Å². The zero-order valence-corrected chi connectivity index (χ0v) is 9.25. The summed E-state index contributed by atoms with van der Waals surface area (Å²) in [6.45, 7) is 0. The summed E-state index contributed by atoms with van der Waals surface area (Å²) >= 11 is 0. The third-order valence-electron chi connectivity index (χ3n) is 1.59. The summed E-state index contributed by atoms with van der Waals surface area (Å²) in [5, 5.41) is 8.25. The Hall–Kier alpha value is -1.97. The van der Waals surface area contributed by atoms with Gasteiger partial charge in [0.15, 0.2) is 0 Å². The van der Waals surface area contributed by atoms with Crippen molar-refractivity contribution in [1.82, 2.24) is 4.72 Å². The Morgan fingerprint density at radius 3 is 2.11 bits per heavy atom. The lowest BCUT2D eigenvalue weighted by molar-refractivity contribution is -0.274. The van der Waals surface area contributed by atoms with Crippen LogP contribution in [0.4, 0.5) is 18.0 Å². The first-order chi connectivity index (χ1) is 8.10. The van der Waals surface area contributed by atoms with Gasteiger partial charge in [0.2, 0.25) is 0 Å². The van der Waals surface area contributed by atoms with Gasteiger partial charge in [-0.25, -0.2) is 17.9 Å². The summed E-state index contributed by atoms with van der Waals surface area (Å²) < 4.78 is 62.8. The van der Waals surface area contributed by atoms with Crippen LogP contribution in [0.2, 0.25) is 0 Å². The standard InChI is InChI=1S/C8H6F3NO5S/c9-8(10,11)17-5-1-3-6(4-2-5)18(15,16)12-7(13)14/h1-4,12H,(H,13,14). The predicted molar refractivity (Wildman–Crippen MR) is 51.5 cm³/mol. The number of benzene rings is 1. The molecule has 1 aromatic carbocycles. The smallest absolute Gasteiger partial charge is 0.464 e. The summed E-state index contributed by atoms with van der Waals surface area (Å²) in [5.74, 6) is -0.614. The van der Waals surface area contributed by atoms with Crippen LogP contribution >= 0.6 is 0 Å². The number of carboxylic acid groups (broad SMARTS) is 1. The molecular weight excluding hydrogens is 279 g/mol. The second-order valence-electron chi connectivity index (χ2n) is 2.93. The Morgan fingerprint density at radius 2 is 1.72 bits per heavy atom. The summed E-state index contributed by atoms with van der Waals surface area (Å²) in [7, 11) is -4.31. The Morgan fingerprint density at radius 1 is 1.22 bits per heavy atom. The minimum atomic E-state index is -4.89. The predicted octanol–water partition coefficient (Wildman–Crippen LogP) is 1.54. The van der Waals surface area contributed by atoms with Gasteiger partial charge < -0.3 is 9.84 Å². The number of sulfonamides is 1. The highest BCUT2D eigenvalue weighted by molar-refractivity contribution is 7.90. The number of rotatable bonds is 3. The fraction of sp³-hybridized carbons (Fsp3) is 0.125. The lowest BCUT2D eigenvalue weighted by Gasteiger charge is -2.09. The van der Waals surface area contributed by atoms with Crippen molar-refractivity contribution in [2.75, 3.05) is 0 Å². The number of hydrogen-bond donors (Lipinski definition) is 2. The summed E-state index contributed by atoms with van der Waals surface area (Å²) in [5.41, 5.74) is 0. The third kappa shape index (κ3) is 4.13. The average Bonchev–Trinajstić information content (AvgIpc) is 2.13. The molecule has 0 aliphatic rings. The summed E-state index contributed by atoms with van der Waals surface area (Å²) in [6, 6.07) is 3.08. The van der Waals surface area contributed by atoms with Gasteiger partial charge in [-0.3, -0.25) is 0 Å². The first-order valence-electron chi connectivity index (χ1n) is 4.22. The highest BCUT2D eigenvalue weighted by Gasteiger charge is 2.31. The quantitative estimate of drug-likeness (QED) is 0.878. The van der Waals surface area contributed by atoms with E-state index < -0.39 is 33.1 Å². The molecule has 0 radical (unpaired) electrons. The van der Waals surface area contributed by atoms with Crippen LogP contribution in [0.5, 0.6) is 5.75 Å². The molecule has 0 aromatic heterocycles. The topological polar surface area (TPSA) is 92.7 Å². The molecule has 1 amide bonds. The number of amides is 1. The van der Waals surface area contributed by atoms with Crippen molar-refractivity contribution >= 4 is 16.1 Å². The van der Waals surface area contributed by atoms with E-state index in [2.05, 4.69) is 4.74 Å². The van der Waals surface area contributed by atoms with Crippen LogP contribution in [0.1, 0.15) is 0 Å². The van der Waals surface area contributed by atoms with Gasteiger partial charge in [-0.1, -0.05) is 0 Å². The molecule has 100 valence electrons. The highest BCUT2D eigenvalue weighted by atomic mass is 32.2. The Kier molecular flexibility index (Phi) is 3.70. The minimum absolute atomic E-state index is 0.501. The maximum absolute atomic E-state index is 11.8. The van der Waals surface area contributed by atoms with Gasteiger partial charge in [-0.15, -0.1) is 13.2 Å². The maximum Gasteiger partial charge on any atom is 0.573 e. The van der Waals surface area contributed by atoms with Crippen molar-refractivity contribution in [3.05, 3.63) is 24.3 Å². The average molecular weight is 285 g/mol. The molecule has 0 aliphatic heterocycles. The van der Waals surface area contributed by atoms with E-state index in [1.165, 1.54) is 4.72 Å². The van der Waals surface area contributed by atoms with Crippen molar-refractivity contribution in [1.29, 1.82) is 0 Å². The van der Waals surface area contributed by atoms with Gasteiger partial charge in [0, 0.05) is 0 Å². The van der Waals surface area contributed by atoms with Crippen LogP contribution in [-0.2, 0) is 10.0 Å². The van der Waals surface area contributed by atoms with Gasteiger partial charge in [-0.05, 0) is 24.3 Å². The third-order valence-corrected chi connectivity index (χ3v) is 2.93. The molecule has 0 fully saturated rings. The summed E-state index contributed by atoms with van der Waals surface area (Å²) in [4.78, 5) is 9.68. The number of alkyl halides is 3. The van der Waals surface area contributed by atoms with Crippen LogP contribution < -0.4 is 9.46 Å². The van der Waals surface area contributed by atoms with Crippen LogP contribution in [0.15, 0.2) is 29.2 Å². The lowest BCUT2D eigenvalue weighted by atomic mass is 10.3. The van der Waals surface area contributed by atoms with E-state index in [1.807, 2.05) is 0 Å². The number of hydrogen-bond acceptors (Lipinski definition) is 4. The molecule has 1 aromatic rings. The fourth-order valence-corrected chi connectivity index (χ4v) is 1.84. The molecule has 0 spiro atoms. The molecule has 1 rings (SSSR count). The van der Waals surface area contributed by atoms with E-state index in [-0.39, 0.29) is 0 Å². The molecule has 6 nitrogen and oxygen atoms in total. The number of ether oxygens (including phenoxy) is 1. The maximum atomic E-state index is 11.8. The van der Waals surface area contributed by atoms with E-state index in [0.717, 1.165) is 24.3 Å². The van der Waals surface area contributed by atoms with Gasteiger partial charge in [0.25, 0.3) is 10.0 Å². The van der Waals surface area contributed by atoms with Gasteiger partial charge >= 0.3 is 12.5 Å². The Bertz CT molecular complexity index is 537. The SMILES string of the molecule is O=C(O)NS(=O)(=O)c1ccc(OC(F)(F)F)cc1. The normalized spacial score (nSPS) is 11.9. The number of carbonyl (C=O) groups is 1. The number of nitrogens with one attached hydrogen (secondary N) is 1. The zero-order chi connectivity index (χ0) is 14.0. The van der Waals surface area contributed by atoms with E-state index in [1.54, 1.807) is 0 Å². The molecular formula is C8H6F3NO5S. The molecule has 0 atom stereocenters. The van der Waals surface area contributed by atoms with Crippen molar-refractivity contribution in [3.63, 3.8) is 0 Å². The van der Waals surface area contributed by atoms with Crippen LogP contribution in [0, 0.1) is 0 Å². The molecule has 0 heterocycles. The van der Waals surface area contributed by atoms with E-state index in [9.17, 15) is 26.4 Å². The largest absolute Gasteiger partial charge is 0.573 e. The van der Waals surface area contributed by atoms with E-state index >= 15 is 0 Å². The van der Waals surface area contributed by atoms with Crippen molar-refractivity contribution in [2.45, 2.75) is 11.3 Å². The number of halogens is 3. The second-order valence-corrected chi connectivity index (χ2v) is 4.61. The van der Waals surface area contributed by atoms with Crippen LogP contribution in [-0.4, -0.2) is 26.0 Å². The zero-order valence-electron chi connectivity index (χ0n) is 8.43. The monoisotopic (exact) mass is 285 g/mol. The van der Waals surface area contributed by atoms with Gasteiger partial charge in [0.1, 0.15) is 5.75 Å². The van der Waals surface area contributed by atoms with Crippen molar-refractivity contribution in [2.24, 2.45) is 0 Å². The van der Waals surface area contributed by atoms with Crippen molar-refractivity contribution in [3.8, 4) is 5.75 Å². The first-order valence-corrected chi connectivity index (χ1v) is 5.70. The molecule has 18 heavy (non-hydrogen) atoms. The Labute approximate surface area is 99.0 Å². The van der Waals surface area contributed by atoms with E-state index in [4.69, 9.17) is 5.11 Å². The fourth-order valence-electron chi connectivity index (χ4n) is 0.994. The first kappa shape index (κ1) is 14.1. The molecule has 0 saturated heterocycles. The Balaban J connectivity index is 2.93. The molecule has 10 heteroatoms. The van der Waals surface area contributed by atoms with Crippen molar-refractivity contribution < 1.29 is 36.2 Å². The molecule has 0 aliphatic carbocycles. The van der Waals surface area contributed by atoms with E-state index in [0.29, 0.717) is 0 Å². The minimum Gasteiger partial charge on any atom is -0.464 e. The van der Waals surface area contributed by atoms with Crippen LogP contribution in [0.3, 0.4) is 0 Å². The summed E-state index contributed by atoms with van der Waals surface area (Å²) in [6.07, 6.45) is -6.69. The lowest BCUT2D eigenvalue weighted by Crippen LogP contribution is -2.28. The molecule has 0 saturated carbocycles.